The van der Waals surface area contributed by atoms with Crippen molar-refractivity contribution in [1.29, 1.82) is 0 Å². The fourth-order valence-electron chi connectivity index (χ4n) is 4.18. The summed E-state index contributed by atoms with van der Waals surface area (Å²) in [5.41, 5.74) is 4.72. The summed E-state index contributed by atoms with van der Waals surface area (Å²) >= 11 is 0. The Bertz CT molecular complexity index is 1280. The van der Waals surface area contributed by atoms with Crippen LogP contribution >= 0.6 is 0 Å². The predicted molar refractivity (Wildman–Crippen MR) is 143 cm³/mol. The summed E-state index contributed by atoms with van der Waals surface area (Å²) in [6.45, 7) is 0. The van der Waals surface area contributed by atoms with Crippen molar-refractivity contribution in [1.82, 2.24) is 0 Å². The molecule has 0 aliphatic heterocycles. The van der Waals surface area contributed by atoms with E-state index < -0.39 is 11.9 Å². The van der Waals surface area contributed by atoms with E-state index in [0.29, 0.717) is 33.4 Å². The van der Waals surface area contributed by atoms with E-state index in [1.165, 1.54) is 14.2 Å². The number of ether oxygens (including phenoxy) is 2. The lowest BCUT2D eigenvalue weighted by molar-refractivity contribution is -0.134. The zero-order valence-electron chi connectivity index (χ0n) is 20.2. The normalized spacial score (nSPS) is 12.2. The quantitative estimate of drug-likeness (QED) is 0.132. The van der Waals surface area contributed by atoms with Crippen molar-refractivity contribution in [2.24, 2.45) is 0 Å². The molecule has 0 saturated heterocycles. The van der Waals surface area contributed by atoms with Crippen LogP contribution in [0.5, 0.6) is 0 Å². The van der Waals surface area contributed by atoms with Crippen LogP contribution in [0.3, 0.4) is 0 Å². The van der Waals surface area contributed by atoms with Crippen LogP contribution in [0, 0.1) is 0 Å². The summed E-state index contributed by atoms with van der Waals surface area (Å²) < 4.78 is 10.6. The third-order valence-corrected chi connectivity index (χ3v) is 5.78. The summed E-state index contributed by atoms with van der Waals surface area (Å²) in [6.07, 6.45) is 0. The first-order valence-corrected chi connectivity index (χ1v) is 11.5. The fourth-order valence-corrected chi connectivity index (χ4v) is 4.18. The van der Waals surface area contributed by atoms with Gasteiger partial charge in [0.05, 0.1) is 25.4 Å². The van der Waals surface area contributed by atoms with Gasteiger partial charge in [-0.2, -0.15) is 0 Å². The van der Waals surface area contributed by atoms with E-state index in [0.717, 1.165) is 11.1 Å². The zero-order chi connectivity index (χ0) is 25.3. The molecule has 0 N–H and O–H groups in total. The van der Waals surface area contributed by atoms with E-state index in [-0.39, 0.29) is 0 Å². The minimum Gasteiger partial charge on any atom is -0.465 e. The molecule has 4 aromatic carbocycles. The number of hydrogen-bond donors (Lipinski definition) is 0. The highest BCUT2D eigenvalue weighted by Gasteiger charge is 2.28. The number of benzene rings is 4. The maximum atomic E-state index is 13.4. The monoisotopic (exact) mass is 474 g/mol. The third-order valence-electron chi connectivity index (χ3n) is 5.78. The molecule has 0 fully saturated rings. The molecule has 0 aromatic heterocycles. The standard InChI is InChI=1S/C32H26O4/c1-35-31(33)29(25-19-11-5-12-20-25)27(23-15-7-3-8-16-23)28(24-17-9-4-10-18-24)30(32(34)36-2)26-21-13-6-14-22-26/h3-22H,1-2H3/b29-27-,30-28+. The second kappa shape index (κ2) is 11.6. The molecule has 36 heavy (non-hydrogen) atoms. The summed E-state index contributed by atoms with van der Waals surface area (Å²) in [5, 5.41) is 0. The van der Waals surface area contributed by atoms with Crippen molar-refractivity contribution in [2.45, 2.75) is 0 Å². The van der Waals surface area contributed by atoms with Gasteiger partial charge in [-0.25, -0.2) is 9.59 Å². The maximum absolute atomic E-state index is 13.4. The highest BCUT2D eigenvalue weighted by atomic mass is 16.5. The van der Waals surface area contributed by atoms with E-state index >= 15 is 0 Å². The van der Waals surface area contributed by atoms with Gasteiger partial charge in [-0.05, 0) is 22.3 Å². The van der Waals surface area contributed by atoms with Gasteiger partial charge in [0, 0.05) is 11.1 Å². The van der Waals surface area contributed by atoms with E-state index in [1.807, 2.05) is 121 Å². The SMILES string of the molecule is COC(=O)/C(=C(\C(=C(\C(=O)OC)c1ccccc1)c1ccccc1)c1ccccc1)c1ccccc1. The van der Waals surface area contributed by atoms with E-state index in [4.69, 9.17) is 9.47 Å². The number of rotatable bonds is 7. The lowest BCUT2D eigenvalue weighted by Crippen LogP contribution is -2.12. The van der Waals surface area contributed by atoms with Gasteiger partial charge in [0.15, 0.2) is 0 Å². The molecule has 0 amide bonds. The molecule has 178 valence electrons. The molecule has 0 spiro atoms. The predicted octanol–water partition coefficient (Wildman–Crippen LogP) is 6.55. The Morgan fingerprint density at radius 3 is 0.833 bits per heavy atom. The van der Waals surface area contributed by atoms with Crippen molar-refractivity contribution < 1.29 is 19.1 Å². The molecule has 0 radical (unpaired) electrons. The molecule has 0 unspecified atom stereocenters. The van der Waals surface area contributed by atoms with Gasteiger partial charge in [0.25, 0.3) is 0 Å². The van der Waals surface area contributed by atoms with Gasteiger partial charge in [-0.1, -0.05) is 121 Å². The Hall–Kier alpha value is -4.70. The molecule has 0 atom stereocenters. The molecular formula is C32H26O4. The topological polar surface area (TPSA) is 52.6 Å². The van der Waals surface area contributed by atoms with E-state index in [1.54, 1.807) is 0 Å². The number of methoxy groups -OCH3 is 2. The summed E-state index contributed by atoms with van der Waals surface area (Å²) in [4.78, 5) is 26.9. The van der Waals surface area contributed by atoms with Gasteiger partial charge in [-0.15, -0.1) is 0 Å². The summed E-state index contributed by atoms with van der Waals surface area (Å²) in [7, 11) is 2.72. The van der Waals surface area contributed by atoms with Crippen LogP contribution in [-0.4, -0.2) is 26.2 Å². The molecular weight excluding hydrogens is 448 g/mol. The molecule has 4 rings (SSSR count). The highest BCUT2D eigenvalue weighted by molar-refractivity contribution is 6.40. The molecule has 4 nitrogen and oxygen atoms in total. The average molecular weight is 475 g/mol. The second-order valence-electron chi connectivity index (χ2n) is 7.95. The van der Waals surface area contributed by atoms with Crippen LogP contribution < -0.4 is 0 Å². The van der Waals surface area contributed by atoms with Crippen LogP contribution in [0.2, 0.25) is 0 Å². The Morgan fingerprint density at radius 1 is 0.389 bits per heavy atom. The molecule has 0 bridgehead atoms. The van der Waals surface area contributed by atoms with Crippen LogP contribution in [0.15, 0.2) is 121 Å². The van der Waals surface area contributed by atoms with Crippen LogP contribution in [0.4, 0.5) is 0 Å². The van der Waals surface area contributed by atoms with Crippen molar-refractivity contribution in [2.75, 3.05) is 14.2 Å². The van der Waals surface area contributed by atoms with E-state index in [2.05, 4.69) is 0 Å². The van der Waals surface area contributed by atoms with Crippen molar-refractivity contribution in [3.05, 3.63) is 144 Å². The maximum Gasteiger partial charge on any atom is 0.339 e. The first-order chi connectivity index (χ1) is 17.7. The number of allylic oxidation sites excluding steroid dienone is 2. The summed E-state index contributed by atoms with van der Waals surface area (Å²) in [6, 6.07) is 37.8. The van der Waals surface area contributed by atoms with Gasteiger partial charge in [0.1, 0.15) is 0 Å². The first-order valence-electron chi connectivity index (χ1n) is 11.5. The average Bonchev–Trinajstić information content (AvgIpc) is 2.96. The summed E-state index contributed by atoms with van der Waals surface area (Å²) in [5.74, 6) is -1.02. The van der Waals surface area contributed by atoms with Crippen molar-refractivity contribution in [3.8, 4) is 0 Å². The fraction of sp³-hybridized carbons (Fsp3) is 0.0625. The van der Waals surface area contributed by atoms with Crippen LogP contribution in [0.25, 0.3) is 22.3 Å². The van der Waals surface area contributed by atoms with Crippen LogP contribution in [0.1, 0.15) is 22.3 Å². The molecule has 4 heteroatoms. The Morgan fingerprint density at radius 2 is 0.611 bits per heavy atom. The van der Waals surface area contributed by atoms with Gasteiger partial charge < -0.3 is 9.47 Å². The number of hydrogen-bond acceptors (Lipinski definition) is 4. The number of carbonyl (C=O) groups is 2. The third kappa shape index (κ3) is 5.18. The van der Waals surface area contributed by atoms with Crippen molar-refractivity contribution in [3.63, 3.8) is 0 Å². The highest BCUT2D eigenvalue weighted by Crippen LogP contribution is 2.42. The lowest BCUT2D eigenvalue weighted by Gasteiger charge is -2.22. The molecule has 0 aliphatic carbocycles. The number of carbonyl (C=O) groups excluding carboxylic acids is 2. The van der Waals surface area contributed by atoms with Gasteiger partial charge >= 0.3 is 11.9 Å². The molecule has 0 aliphatic rings. The van der Waals surface area contributed by atoms with Crippen molar-refractivity contribution >= 4 is 34.2 Å². The Kier molecular flexibility index (Phi) is 7.89. The first kappa shape index (κ1) is 24.4. The van der Waals surface area contributed by atoms with Gasteiger partial charge in [-0.3, -0.25) is 0 Å². The number of esters is 2. The molecule has 0 saturated carbocycles. The molecule has 4 aromatic rings. The van der Waals surface area contributed by atoms with Gasteiger partial charge in [0.2, 0.25) is 0 Å². The smallest absolute Gasteiger partial charge is 0.339 e. The second-order valence-corrected chi connectivity index (χ2v) is 7.95. The van der Waals surface area contributed by atoms with E-state index in [9.17, 15) is 9.59 Å². The molecule has 0 heterocycles. The minimum atomic E-state index is -0.509. The zero-order valence-corrected chi connectivity index (χ0v) is 20.2. The largest absolute Gasteiger partial charge is 0.465 e. The Balaban J connectivity index is 2.27. The minimum absolute atomic E-state index is 0.348. The van der Waals surface area contributed by atoms with Crippen LogP contribution in [-0.2, 0) is 19.1 Å². The lowest BCUT2D eigenvalue weighted by atomic mass is 9.82. The Labute approximate surface area is 211 Å².